The maximum atomic E-state index is 13.0. The number of hydrogen-bond donors (Lipinski definition) is 1. The molecule has 1 aliphatic heterocycles. The van der Waals surface area contributed by atoms with E-state index in [2.05, 4.69) is 62.8 Å². The first-order chi connectivity index (χ1) is 16.8. The van der Waals surface area contributed by atoms with Crippen LogP contribution in [0.4, 0.5) is 17.3 Å². The Morgan fingerprint density at radius 3 is 2.34 bits per heavy atom. The second-order valence-corrected chi connectivity index (χ2v) is 11.0. The number of amides is 1. The topological polar surface area (TPSA) is 69.5 Å². The average molecular weight is 474 g/mol. The second kappa shape index (κ2) is 8.22. The summed E-state index contributed by atoms with van der Waals surface area (Å²) < 4.78 is 2.21. The van der Waals surface area contributed by atoms with Gasteiger partial charge in [-0.25, -0.2) is 4.98 Å². The summed E-state index contributed by atoms with van der Waals surface area (Å²) in [5.74, 6) is 1.39. The fraction of sp³-hybridized carbons (Fsp3) is 0.519. The van der Waals surface area contributed by atoms with Crippen LogP contribution in [0.15, 0.2) is 36.5 Å². The van der Waals surface area contributed by atoms with E-state index in [1.165, 1.54) is 5.69 Å². The lowest BCUT2D eigenvalue weighted by Gasteiger charge is -2.62. The molecule has 35 heavy (non-hydrogen) atoms. The smallest absolute Gasteiger partial charge is 0.270 e. The van der Waals surface area contributed by atoms with Gasteiger partial charge in [-0.1, -0.05) is 0 Å². The Labute approximate surface area is 206 Å². The summed E-state index contributed by atoms with van der Waals surface area (Å²) in [5, 5.41) is 4.30. The number of carbonyl (C=O) groups excluding carboxylic acids is 1. The normalized spacial score (nSPS) is 23.8. The van der Waals surface area contributed by atoms with E-state index in [-0.39, 0.29) is 11.4 Å². The Morgan fingerprint density at radius 2 is 1.77 bits per heavy atom. The van der Waals surface area contributed by atoms with E-state index < -0.39 is 0 Å². The summed E-state index contributed by atoms with van der Waals surface area (Å²) in [6, 6.07) is 11.1. The van der Waals surface area contributed by atoms with Crippen molar-refractivity contribution in [1.82, 2.24) is 24.3 Å². The van der Waals surface area contributed by atoms with Gasteiger partial charge in [-0.15, -0.1) is 0 Å². The average Bonchev–Trinajstić information content (AvgIpc) is 3.15. The monoisotopic (exact) mass is 473 g/mol. The predicted octanol–water partition coefficient (Wildman–Crippen LogP) is 3.92. The molecule has 0 radical (unpaired) electrons. The lowest BCUT2D eigenvalue weighted by atomic mass is 9.49. The molecule has 1 N–H and O–H groups in total. The first-order valence-electron chi connectivity index (χ1n) is 12.8. The Bertz CT molecular complexity index is 1240. The van der Waals surface area contributed by atoms with Gasteiger partial charge in [-0.05, 0) is 69.4 Å². The highest BCUT2D eigenvalue weighted by atomic mass is 16.2. The van der Waals surface area contributed by atoms with Crippen molar-refractivity contribution >= 4 is 34.3 Å². The third-order valence-corrected chi connectivity index (χ3v) is 8.18. The molecule has 7 rings (SSSR count). The van der Waals surface area contributed by atoms with Gasteiger partial charge in [0.1, 0.15) is 11.3 Å². The summed E-state index contributed by atoms with van der Waals surface area (Å²) in [7, 11) is 3.61. The molecular formula is C27H35N7O. The maximum absolute atomic E-state index is 13.0. The van der Waals surface area contributed by atoms with Crippen LogP contribution in [0.5, 0.6) is 0 Å². The van der Waals surface area contributed by atoms with Gasteiger partial charge < -0.3 is 19.7 Å². The molecule has 2 bridgehead atoms. The minimum atomic E-state index is 0.0204. The van der Waals surface area contributed by atoms with Crippen LogP contribution in [0.2, 0.25) is 0 Å². The molecule has 1 aromatic carbocycles. The molecule has 3 saturated carbocycles. The number of piperazine rings is 1. The maximum Gasteiger partial charge on any atom is 0.270 e. The molecule has 1 amide bonds. The molecule has 184 valence electrons. The van der Waals surface area contributed by atoms with E-state index in [1.807, 2.05) is 12.3 Å². The van der Waals surface area contributed by atoms with Gasteiger partial charge in [0.15, 0.2) is 0 Å². The highest BCUT2D eigenvalue weighted by Gasteiger charge is 2.59. The third-order valence-electron chi connectivity index (χ3n) is 8.18. The van der Waals surface area contributed by atoms with Crippen LogP contribution in [0.25, 0.3) is 11.0 Å². The largest absolute Gasteiger partial charge is 0.369 e. The first kappa shape index (κ1) is 22.3. The van der Waals surface area contributed by atoms with E-state index in [0.717, 1.165) is 73.8 Å². The molecule has 8 heteroatoms. The molecule has 4 aliphatic rings. The van der Waals surface area contributed by atoms with Crippen LogP contribution in [-0.2, 0) is 5.54 Å². The SMILES string of the molecule is CC(C)N1CCN(c2ccc(Nc3ncc4cc(C(=O)N(C)C)n(C56CC(C5)C6)c4n3)cc2)CC1. The summed E-state index contributed by atoms with van der Waals surface area (Å²) in [6.45, 7) is 8.85. The third kappa shape index (κ3) is 3.75. The molecular weight excluding hydrogens is 438 g/mol. The van der Waals surface area contributed by atoms with Gasteiger partial charge in [0.2, 0.25) is 5.95 Å². The Hall–Kier alpha value is -3.13. The van der Waals surface area contributed by atoms with Crippen LogP contribution in [0.1, 0.15) is 43.6 Å². The zero-order valence-electron chi connectivity index (χ0n) is 21.2. The Morgan fingerprint density at radius 1 is 1.09 bits per heavy atom. The molecule has 2 aromatic heterocycles. The quantitative estimate of drug-likeness (QED) is 0.585. The lowest BCUT2D eigenvalue weighted by molar-refractivity contribution is -0.0870. The van der Waals surface area contributed by atoms with E-state index >= 15 is 0 Å². The number of benzene rings is 1. The van der Waals surface area contributed by atoms with E-state index in [0.29, 0.717) is 12.0 Å². The molecule has 3 heterocycles. The Balaban J connectivity index is 1.23. The zero-order valence-corrected chi connectivity index (χ0v) is 21.2. The first-order valence-corrected chi connectivity index (χ1v) is 12.8. The van der Waals surface area contributed by atoms with Gasteiger partial charge in [-0.2, -0.15) is 4.98 Å². The molecule has 0 spiro atoms. The van der Waals surface area contributed by atoms with Crippen molar-refractivity contribution in [2.75, 3.05) is 50.5 Å². The van der Waals surface area contributed by atoms with E-state index in [9.17, 15) is 4.79 Å². The highest BCUT2D eigenvalue weighted by molar-refractivity contribution is 5.98. The summed E-state index contributed by atoms with van der Waals surface area (Å²) in [6.07, 6.45) is 5.26. The molecule has 0 atom stereocenters. The van der Waals surface area contributed by atoms with Crippen molar-refractivity contribution < 1.29 is 4.79 Å². The van der Waals surface area contributed by atoms with Crippen LogP contribution < -0.4 is 10.2 Å². The fourth-order valence-corrected chi connectivity index (χ4v) is 6.00. The van der Waals surface area contributed by atoms with Gasteiger partial charge >= 0.3 is 0 Å². The number of nitrogens with zero attached hydrogens (tertiary/aromatic N) is 6. The van der Waals surface area contributed by atoms with Gasteiger partial charge in [-0.3, -0.25) is 9.69 Å². The van der Waals surface area contributed by atoms with Crippen molar-refractivity contribution in [1.29, 1.82) is 0 Å². The molecule has 8 nitrogen and oxygen atoms in total. The summed E-state index contributed by atoms with van der Waals surface area (Å²) >= 11 is 0. The van der Waals surface area contributed by atoms with Crippen molar-refractivity contribution in [3.8, 4) is 0 Å². The number of carbonyl (C=O) groups is 1. The Kier molecular flexibility index (Phi) is 5.25. The summed E-state index contributed by atoms with van der Waals surface area (Å²) in [4.78, 5) is 29.0. The van der Waals surface area contributed by atoms with Crippen LogP contribution in [-0.4, -0.2) is 76.6 Å². The number of nitrogens with one attached hydrogen (secondary N) is 1. The summed E-state index contributed by atoms with van der Waals surface area (Å²) in [5.41, 5.74) is 3.84. The molecule has 3 aliphatic carbocycles. The lowest BCUT2D eigenvalue weighted by Crippen LogP contribution is -2.60. The van der Waals surface area contributed by atoms with Crippen LogP contribution in [0.3, 0.4) is 0 Å². The van der Waals surface area contributed by atoms with E-state index in [4.69, 9.17) is 4.98 Å². The standard InChI is InChI=1S/C27H35N7O/c1-18(2)32-9-11-33(12-10-32)22-7-5-21(6-8-22)29-26-28-17-20-13-23(25(35)31(3)4)34(24(20)30-26)27-14-19(15-27)16-27/h5-8,13,17-19H,9-12,14-16H2,1-4H3,(H,28,29,30). The second-order valence-electron chi connectivity index (χ2n) is 11.0. The van der Waals surface area contributed by atoms with Crippen molar-refractivity contribution in [2.45, 2.75) is 44.7 Å². The fourth-order valence-electron chi connectivity index (χ4n) is 6.00. The number of hydrogen-bond acceptors (Lipinski definition) is 6. The van der Waals surface area contributed by atoms with Crippen molar-refractivity contribution in [3.05, 3.63) is 42.2 Å². The van der Waals surface area contributed by atoms with Gasteiger partial charge in [0.05, 0.1) is 0 Å². The van der Waals surface area contributed by atoms with Crippen molar-refractivity contribution in [2.24, 2.45) is 5.92 Å². The minimum absolute atomic E-state index is 0.0204. The zero-order chi connectivity index (χ0) is 24.3. The molecule has 4 fully saturated rings. The number of rotatable bonds is 6. The molecule has 3 aromatic rings. The van der Waals surface area contributed by atoms with Crippen LogP contribution >= 0.6 is 0 Å². The number of anilines is 3. The number of fused-ring (bicyclic) bond motifs is 1. The minimum Gasteiger partial charge on any atom is -0.369 e. The molecule has 1 saturated heterocycles. The highest BCUT2D eigenvalue weighted by Crippen LogP contribution is 2.63. The van der Waals surface area contributed by atoms with Crippen molar-refractivity contribution in [3.63, 3.8) is 0 Å². The van der Waals surface area contributed by atoms with Gasteiger partial charge in [0.25, 0.3) is 5.91 Å². The molecule has 0 unspecified atom stereocenters. The van der Waals surface area contributed by atoms with E-state index in [1.54, 1.807) is 19.0 Å². The van der Waals surface area contributed by atoms with Crippen LogP contribution in [0, 0.1) is 5.92 Å². The van der Waals surface area contributed by atoms with Gasteiger partial charge in [0, 0.05) is 74.8 Å². The number of aromatic nitrogens is 3. The predicted molar refractivity (Wildman–Crippen MR) is 140 cm³/mol.